The molecule has 0 saturated heterocycles. The average Bonchev–Trinajstić information content (AvgIpc) is 3.17. The van der Waals surface area contributed by atoms with E-state index in [4.69, 9.17) is 0 Å². The summed E-state index contributed by atoms with van der Waals surface area (Å²) in [4.78, 5) is 0. The number of rotatable bonds is 0. The molecule has 4 rings (SSSR count). The zero-order valence-corrected chi connectivity index (χ0v) is 9.99. The summed E-state index contributed by atoms with van der Waals surface area (Å²) < 4.78 is 0. The molecule has 0 aromatic heterocycles. The molecule has 4 aliphatic carbocycles. The van der Waals surface area contributed by atoms with Gasteiger partial charge in [-0.15, -0.1) is 0 Å². The van der Waals surface area contributed by atoms with E-state index in [-0.39, 0.29) is 0 Å². The topological polar surface area (TPSA) is 0 Å². The standard InChI is InChI=1S/C15H24/c1-5-14(9-10-14)6-2-13(1)3-7-15(8-4-13)11-12-15/h1-12H2. The van der Waals surface area contributed by atoms with Gasteiger partial charge in [0.25, 0.3) is 0 Å². The van der Waals surface area contributed by atoms with Crippen LogP contribution in [-0.4, -0.2) is 0 Å². The van der Waals surface area contributed by atoms with E-state index in [9.17, 15) is 0 Å². The van der Waals surface area contributed by atoms with Crippen molar-refractivity contribution < 1.29 is 0 Å². The predicted octanol–water partition coefficient (Wildman–Crippen LogP) is 4.68. The van der Waals surface area contributed by atoms with Gasteiger partial charge in [0.15, 0.2) is 0 Å². The van der Waals surface area contributed by atoms with Crippen LogP contribution >= 0.6 is 0 Å². The highest BCUT2D eigenvalue weighted by Crippen LogP contribution is 2.66. The Hall–Kier alpha value is 0. The van der Waals surface area contributed by atoms with E-state index in [0.717, 1.165) is 16.2 Å². The fourth-order valence-corrected chi connectivity index (χ4v) is 4.47. The van der Waals surface area contributed by atoms with Crippen molar-refractivity contribution in [3.63, 3.8) is 0 Å². The molecule has 0 radical (unpaired) electrons. The monoisotopic (exact) mass is 204 g/mol. The van der Waals surface area contributed by atoms with E-state index in [1.807, 2.05) is 0 Å². The molecule has 4 fully saturated rings. The van der Waals surface area contributed by atoms with Crippen molar-refractivity contribution in [1.29, 1.82) is 0 Å². The van der Waals surface area contributed by atoms with Gasteiger partial charge in [-0.25, -0.2) is 0 Å². The molecule has 0 aromatic rings. The molecule has 0 unspecified atom stereocenters. The minimum atomic E-state index is 0.849. The van der Waals surface area contributed by atoms with E-state index < -0.39 is 0 Å². The highest BCUT2D eigenvalue weighted by molar-refractivity contribution is 5.05. The lowest BCUT2D eigenvalue weighted by atomic mass is 9.60. The molecule has 0 heteroatoms. The van der Waals surface area contributed by atoms with Crippen molar-refractivity contribution in [2.24, 2.45) is 16.2 Å². The molecule has 0 atom stereocenters. The van der Waals surface area contributed by atoms with Crippen molar-refractivity contribution in [3.8, 4) is 0 Å². The summed E-state index contributed by atoms with van der Waals surface area (Å²) in [7, 11) is 0. The van der Waals surface area contributed by atoms with Crippen LogP contribution in [0.2, 0.25) is 0 Å². The smallest absolute Gasteiger partial charge is 0.0297 e. The van der Waals surface area contributed by atoms with Gasteiger partial charge in [-0.3, -0.25) is 0 Å². The molecule has 4 aliphatic rings. The number of hydrogen-bond donors (Lipinski definition) is 0. The molecular weight excluding hydrogens is 180 g/mol. The van der Waals surface area contributed by atoms with Gasteiger partial charge < -0.3 is 0 Å². The third-order valence-corrected chi connectivity index (χ3v) is 6.66. The van der Waals surface area contributed by atoms with Crippen LogP contribution in [0.5, 0.6) is 0 Å². The first-order valence-corrected chi connectivity index (χ1v) is 7.24. The second kappa shape index (κ2) is 2.63. The van der Waals surface area contributed by atoms with E-state index in [1.165, 1.54) is 0 Å². The molecule has 0 N–H and O–H groups in total. The zero-order valence-electron chi connectivity index (χ0n) is 9.99. The first-order chi connectivity index (χ1) is 7.24. The summed E-state index contributed by atoms with van der Waals surface area (Å²) in [5.41, 5.74) is 2.65. The Morgan fingerprint density at radius 2 is 0.400 bits per heavy atom. The van der Waals surface area contributed by atoms with Crippen molar-refractivity contribution >= 4 is 0 Å². The fourth-order valence-electron chi connectivity index (χ4n) is 4.47. The van der Waals surface area contributed by atoms with E-state index in [0.29, 0.717) is 0 Å². The zero-order chi connectivity index (χ0) is 9.99. The van der Waals surface area contributed by atoms with Crippen molar-refractivity contribution in [1.82, 2.24) is 0 Å². The van der Waals surface area contributed by atoms with Crippen LogP contribution in [0.3, 0.4) is 0 Å². The van der Waals surface area contributed by atoms with Gasteiger partial charge in [0.05, 0.1) is 0 Å². The lowest BCUT2D eigenvalue weighted by Gasteiger charge is -2.45. The van der Waals surface area contributed by atoms with Gasteiger partial charge in [0.2, 0.25) is 0 Å². The maximum atomic E-state index is 1.60. The van der Waals surface area contributed by atoms with Crippen LogP contribution in [0.4, 0.5) is 0 Å². The highest BCUT2D eigenvalue weighted by Gasteiger charge is 2.53. The summed E-state index contributed by atoms with van der Waals surface area (Å²) in [5, 5.41) is 0. The van der Waals surface area contributed by atoms with Crippen LogP contribution in [0.1, 0.15) is 77.0 Å². The quantitative estimate of drug-likeness (QED) is 0.537. The van der Waals surface area contributed by atoms with E-state index in [2.05, 4.69) is 0 Å². The molecular formula is C15H24. The molecule has 0 aliphatic heterocycles. The Labute approximate surface area is 93.8 Å². The van der Waals surface area contributed by atoms with Gasteiger partial charge in [-0.05, 0) is 93.3 Å². The van der Waals surface area contributed by atoms with Crippen LogP contribution < -0.4 is 0 Å². The summed E-state index contributed by atoms with van der Waals surface area (Å²) in [5.74, 6) is 0. The van der Waals surface area contributed by atoms with Crippen molar-refractivity contribution in [2.45, 2.75) is 77.0 Å². The molecule has 0 nitrogen and oxygen atoms in total. The summed E-state index contributed by atoms with van der Waals surface area (Å²) in [6, 6.07) is 0. The lowest BCUT2D eigenvalue weighted by Crippen LogP contribution is -2.33. The first-order valence-electron chi connectivity index (χ1n) is 7.24. The molecule has 3 spiro atoms. The molecule has 84 valence electrons. The third kappa shape index (κ3) is 1.40. The molecule has 15 heavy (non-hydrogen) atoms. The van der Waals surface area contributed by atoms with Gasteiger partial charge >= 0.3 is 0 Å². The predicted molar refractivity (Wildman–Crippen MR) is 62.7 cm³/mol. The second-order valence-electron chi connectivity index (χ2n) is 7.50. The van der Waals surface area contributed by atoms with Crippen LogP contribution in [0, 0.1) is 16.2 Å². The minimum absolute atomic E-state index is 0.849. The molecule has 0 heterocycles. The molecule has 0 bridgehead atoms. The van der Waals surface area contributed by atoms with Crippen LogP contribution in [-0.2, 0) is 0 Å². The normalized spacial score (nSPS) is 38.4. The minimum Gasteiger partial charge on any atom is -0.0471 e. The lowest BCUT2D eigenvalue weighted by molar-refractivity contribution is 0.0628. The number of hydrogen-bond acceptors (Lipinski definition) is 0. The van der Waals surface area contributed by atoms with E-state index in [1.54, 1.807) is 77.0 Å². The van der Waals surface area contributed by atoms with Gasteiger partial charge in [0.1, 0.15) is 0 Å². The fraction of sp³-hybridized carbons (Fsp3) is 1.00. The van der Waals surface area contributed by atoms with Gasteiger partial charge in [0, 0.05) is 0 Å². The first kappa shape index (κ1) is 9.07. The summed E-state index contributed by atoms with van der Waals surface area (Å²) in [6.45, 7) is 0. The Kier molecular flexibility index (Phi) is 1.59. The van der Waals surface area contributed by atoms with Crippen LogP contribution in [0.15, 0.2) is 0 Å². The molecule has 0 amide bonds. The second-order valence-corrected chi connectivity index (χ2v) is 7.50. The van der Waals surface area contributed by atoms with Gasteiger partial charge in [-0.2, -0.15) is 0 Å². The third-order valence-electron chi connectivity index (χ3n) is 6.66. The SMILES string of the molecule is C1CC12CCC1(CC2)CCC2(CC2)CC1. The largest absolute Gasteiger partial charge is 0.0471 e. The summed E-state index contributed by atoms with van der Waals surface area (Å²) in [6.07, 6.45) is 19.1. The average molecular weight is 204 g/mol. The Bertz CT molecular complexity index is 227. The van der Waals surface area contributed by atoms with Crippen molar-refractivity contribution in [2.75, 3.05) is 0 Å². The highest BCUT2D eigenvalue weighted by atomic mass is 14.6. The van der Waals surface area contributed by atoms with Crippen molar-refractivity contribution in [3.05, 3.63) is 0 Å². The van der Waals surface area contributed by atoms with Crippen LogP contribution in [0.25, 0.3) is 0 Å². The molecule has 0 aromatic carbocycles. The van der Waals surface area contributed by atoms with E-state index >= 15 is 0 Å². The Morgan fingerprint density at radius 1 is 0.267 bits per heavy atom. The Morgan fingerprint density at radius 3 is 0.533 bits per heavy atom. The van der Waals surface area contributed by atoms with Gasteiger partial charge in [-0.1, -0.05) is 0 Å². The molecule has 4 saturated carbocycles. The maximum Gasteiger partial charge on any atom is -0.0297 e. The summed E-state index contributed by atoms with van der Waals surface area (Å²) >= 11 is 0. The maximum absolute atomic E-state index is 1.60. The Balaban J connectivity index is 1.43.